The maximum Gasteiger partial charge on any atom is 0.433 e. The van der Waals surface area contributed by atoms with Gasteiger partial charge in [0, 0.05) is 30.2 Å². The number of rotatable bonds is 5. The summed E-state index contributed by atoms with van der Waals surface area (Å²) in [4.78, 5) is 16.3. The second-order valence-corrected chi connectivity index (χ2v) is 10.9. The summed E-state index contributed by atoms with van der Waals surface area (Å²) in [6.45, 7) is 1.84. The van der Waals surface area contributed by atoms with Crippen molar-refractivity contribution in [1.82, 2.24) is 4.98 Å². The lowest BCUT2D eigenvalue weighted by Crippen LogP contribution is -2.16. The molecule has 1 amide bonds. The minimum Gasteiger partial charge on any atom is -0.388 e. The molecule has 0 bridgehead atoms. The maximum absolute atomic E-state index is 14.7. The number of aromatic nitrogens is 1. The van der Waals surface area contributed by atoms with Crippen molar-refractivity contribution >= 4 is 28.9 Å². The smallest absolute Gasteiger partial charge is 0.388 e. The van der Waals surface area contributed by atoms with Crippen LogP contribution >= 0.6 is 11.6 Å². The second-order valence-electron chi connectivity index (χ2n) is 10.5. The van der Waals surface area contributed by atoms with Gasteiger partial charge in [-0.05, 0) is 110 Å². The van der Waals surface area contributed by atoms with Crippen molar-refractivity contribution in [3.05, 3.63) is 75.8 Å². The number of amides is 1. The molecule has 1 aromatic heterocycles. The van der Waals surface area contributed by atoms with Crippen LogP contribution in [0, 0.1) is 18.2 Å². The predicted molar refractivity (Wildman–Crippen MR) is 141 cm³/mol. The van der Waals surface area contributed by atoms with Crippen LogP contribution < -0.4 is 10.6 Å². The highest BCUT2D eigenvalue weighted by atomic mass is 35.5. The minimum absolute atomic E-state index is 0.0425. The Morgan fingerprint density at radius 1 is 1.08 bits per heavy atom. The lowest BCUT2D eigenvalue weighted by molar-refractivity contribution is -0.141. The summed E-state index contributed by atoms with van der Waals surface area (Å²) < 4.78 is 53.8. The van der Waals surface area contributed by atoms with E-state index in [0.29, 0.717) is 11.1 Å². The molecule has 2 saturated carbocycles. The van der Waals surface area contributed by atoms with Gasteiger partial charge in [-0.1, -0.05) is 11.6 Å². The van der Waals surface area contributed by atoms with Gasteiger partial charge in [0.05, 0.1) is 10.6 Å². The first kappa shape index (κ1) is 26.5. The van der Waals surface area contributed by atoms with E-state index in [2.05, 4.69) is 15.6 Å². The van der Waals surface area contributed by atoms with Gasteiger partial charge in [0.15, 0.2) is 0 Å². The van der Waals surface area contributed by atoms with Crippen molar-refractivity contribution < 1.29 is 22.4 Å². The lowest BCUT2D eigenvalue weighted by atomic mass is 9.74. The van der Waals surface area contributed by atoms with E-state index in [1.165, 1.54) is 25.0 Å². The van der Waals surface area contributed by atoms with Crippen molar-refractivity contribution in [1.29, 1.82) is 0 Å². The summed E-state index contributed by atoms with van der Waals surface area (Å²) in [7, 11) is 1.74. The quantitative estimate of drug-likeness (QED) is 0.316. The molecule has 1 spiro atoms. The van der Waals surface area contributed by atoms with Gasteiger partial charge >= 0.3 is 6.18 Å². The molecular weight excluding hydrogens is 518 g/mol. The van der Waals surface area contributed by atoms with Crippen molar-refractivity contribution in [3.63, 3.8) is 0 Å². The molecule has 5 rings (SSSR count). The van der Waals surface area contributed by atoms with Crippen molar-refractivity contribution in [2.24, 2.45) is 5.41 Å². The van der Waals surface area contributed by atoms with Gasteiger partial charge in [-0.3, -0.25) is 9.78 Å². The number of alkyl halides is 3. The van der Waals surface area contributed by atoms with Crippen molar-refractivity contribution in [3.8, 4) is 11.1 Å². The molecule has 2 N–H and O–H groups in total. The first-order valence-electron chi connectivity index (χ1n) is 12.7. The average molecular weight is 546 g/mol. The van der Waals surface area contributed by atoms with E-state index < -0.39 is 17.8 Å². The highest BCUT2D eigenvalue weighted by Crippen LogP contribution is 2.59. The zero-order chi connectivity index (χ0) is 27.2. The molecule has 0 saturated heterocycles. The van der Waals surface area contributed by atoms with E-state index in [4.69, 9.17) is 11.6 Å². The topological polar surface area (TPSA) is 54.0 Å². The molecular formula is C29H28ClF4N3O. The van der Waals surface area contributed by atoms with E-state index >= 15 is 0 Å². The van der Waals surface area contributed by atoms with Gasteiger partial charge in [0.2, 0.25) is 0 Å². The second kappa shape index (κ2) is 9.88. The van der Waals surface area contributed by atoms with E-state index in [1.54, 1.807) is 25.2 Å². The fourth-order valence-electron chi connectivity index (χ4n) is 5.65. The van der Waals surface area contributed by atoms with Gasteiger partial charge in [-0.2, -0.15) is 13.2 Å². The number of carbonyl (C=O) groups is 1. The zero-order valence-corrected chi connectivity index (χ0v) is 21.9. The van der Waals surface area contributed by atoms with E-state index in [9.17, 15) is 22.4 Å². The van der Waals surface area contributed by atoms with Crippen LogP contribution in [0.25, 0.3) is 11.1 Å². The zero-order valence-electron chi connectivity index (χ0n) is 21.1. The molecule has 2 fully saturated rings. The molecule has 38 heavy (non-hydrogen) atoms. The summed E-state index contributed by atoms with van der Waals surface area (Å²) >= 11 is 6.58. The number of nitrogens with one attached hydrogen (secondary N) is 2. The highest BCUT2D eigenvalue weighted by molar-refractivity contribution is 6.34. The SMILES string of the molecule is CNc1cc(F)cc(C2CCC3(CC2)CC3)c1-c1cc(Cl)c(C(=O)Nc2ccnc(C(F)(F)F)c2)cc1C. The van der Waals surface area contributed by atoms with Gasteiger partial charge in [0.1, 0.15) is 11.5 Å². The Labute approximate surface area is 223 Å². The number of nitrogens with zero attached hydrogens (tertiary/aromatic N) is 1. The Bertz CT molecular complexity index is 1390. The van der Waals surface area contributed by atoms with Gasteiger partial charge in [-0.25, -0.2) is 4.39 Å². The Kier molecular flexibility index (Phi) is 6.88. The summed E-state index contributed by atoms with van der Waals surface area (Å²) in [6, 6.07) is 8.42. The molecule has 3 aromatic rings. The lowest BCUT2D eigenvalue weighted by Gasteiger charge is -2.31. The normalized spacial score (nSPS) is 16.9. The van der Waals surface area contributed by atoms with Gasteiger partial charge < -0.3 is 10.6 Å². The molecule has 1 heterocycles. The summed E-state index contributed by atoms with van der Waals surface area (Å²) in [5, 5.41) is 5.74. The summed E-state index contributed by atoms with van der Waals surface area (Å²) in [5.74, 6) is -0.732. The van der Waals surface area contributed by atoms with E-state index in [1.807, 2.05) is 6.92 Å². The van der Waals surface area contributed by atoms with Crippen molar-refractivity contribution in [2.75, 3.05) is 17.7 Å². The Hall–Kier alpha value is -3.13. The first-order valence-corrected chi connectivity index (χ1v) is 13.0. The van der Waals surface area contributed by atoms with Crippen LogP contribution in [-0.2, 0) is 6.18 Å². The predicted octanol–water partition coefficient (Wildman–Crippen LogP) is 8.60. The Morgan fingerprint density at radius 3 is 2.42 bits per heavy atom. The third kappa shape index (κ3) is 5.23. The number of halogens is 5. The molecule has 2 aliphatic rings. The third-order valence-electron chi connectivity index (χ3n) is 7.98. The van der Waals surface area contributed by atoms with Gasteiger partial charge in [0.25, 0.3) is 5.91 Å². The largest absolute Gasteiger partial charge is 0.433 e. The van der Waals surface area contributed by atoms with Crippen LogP contribution in [0.4, 0.5) is 28.9 Å². The number of pyridine rings is 1. The first-order chi connectivity index (χ1) is 18.0. The van der Waals surface area contributed by atoms with Crippen molar-refractivity contribution in [2.45, 2.75) is 57.5 Å². The number of aryl methyl sites for hydroxylation is 1. The molecule has 0 unspecified atom stereocenters. The highest BCUT2D eigenvalue weighted by Gasteiger charge is 2.45. The molecule has 9 heteroatoms. The van der Waals surface area contributed by atoms with E-state index in [0.717, 1.165) is 60.2 Å². The van der Waals surface area contributed by atoms with E-state index in [-0.39, 0.29) is 28.0 Å². The molecule has 0 aliphatic heterocycles. The van der Waals surface area contributed by atoms with Gasteiger partial charge in [-0.15, -0.1) is 0 Å². The standard InChI is InChI=1S/C29H28ClF4N3O/c1-16-11-22(27(38)37-19-5-10-36-25(14-19)29(32,33)34)23(30)15-20(16)26-21(12-18(31)13-24(26)35-2)17-3-6-28(7-4-17)8-9-28/h5,10-15,17,35H,3-4,6-9H2,1-2H3,(H,36,37,38). The average Bonchev–Trinajstić information content (AvgIpc) is 3.63. The van der Waals surface area contributed by atoms with Crippen LogP contribution in [0.1, 0.15) is 71.6 Å². The third-order valence-corrected chi connectivity index (χ3v) is 8.30. The molecule has 2 aliphatic carbocycles. The number of hydrogen-bond acceptors (Lipinski definition) is 3. The van der Waals surface area contributed by atoms with Crippen LogP contribution in [0.3, 0.4) is 0 Å². The molecule has 4 nitrogen and oxygen atoms in total. The fourth-order valence-corrected chi connectivity index (χ4v) is 5.90. The summed E-state index contributed by atoms with van der Waals surface area (Å²) in [5.41, 5.74) is 3.43. The minimum atomic E-state index is -4.63. The Balaban J connectivity index is 1.49. The van der Waals surface area contributed by atoms with Crippen LogP contribution in [0.5, 0.6) is 0 Å². The number of anilines is 2. The summed E-state index contributed by atoms with van der Waals surface area (Å²) in [6.07, 6.45) is 3.21. The molecule has 2 aromatic carbocycles. The molecule has 0 radical (unpaired) electrons. The molecule has 0 atom stereocenters. The van der Waals surface area contributed by atoms with Crippen LogP contribution in [0.2, 0.25) is 5.02 Å². The van der Waals surface area contributed by atoms with Crippen LogP contribution in [-0.4, -0.2) is 17.9 Å². The number of benzene rings is 2. The van der Waals surface area contributed by atoms with Crippen LogP contribution in [0.15, 0.2) is 42.6 Å². The number of carbonyl (C=O) groups excluding carboxylic acids is 1. The molecule has 200 valence electrons. The maximum atomic E-state index is 14.7. The monoisotopic (exact) mass is 545 g/mol. The Morgan fingerprint density at radius 2 is 1.79 bits per heavy atom. The number of hydrogen-bond donors (Lipinski definition) is 2. The fraction of sp³-hybridized carbons (Fsp3) is 0.379.